The number of hydrogen-bond acceptors (Lipinski definition) is 6. The van der Waals surface area contributed by atoms with Crippen molar-refractivity contribution in [2.45, 2.75) is 20.8 Å². The quantitative estimate of drug-likeness (QED) is 0.222. The van der Waals surface area contributed by atoms with Crippen molar-refractivity contribution in [1.82, 2.24) is 5.32 Å². The van der Waals surface area contributed by atoms with Crippen LogP contribution in [0.15, 0.2) is 66.2 Å². The lowest BCUT2D eigenvalue weighted by molar-refractivity contribution is -0.122. The minimum absolute atomic E-state index is 0.00994. The fourth-order valence-corrected chi connectivity index (χ4v) is 4.46. The highest BCUT2D eigenvalue weighted by Gasteiger charge is 2.34. The van der Waals surface area contributed by atoms with Crippen molar-refractivity contribution in [3.63, 3.8) is 0 Å². The Morgan fingerprint density at radius 1 is 1.08 bits per heavy atom. The molecule has 1 fully saturated rings. The Kier molecular flexibility index (Phi) is 8.63. The molecule has 3 aromatic carbocycles. The summed E-state index contributed by atoms with van der Waals surface area (Å²) in [5.41, 5.74) is 3.45. The minimum Gasteiger partial charge on any atom is -0.490 e. The topological polar surface area (TPSA) is 97.0 Å². The molecule has 0 aromatic heterocycles. The lowest BCUT2D eigenvalue weighted by Gasteiger charge is -2.28. The maximum Gasteiger partial charge on any atom is 0.270 e. The third-order valence-electron chi connectivity index (χ3n) is 5.77. The van der Waals surface area contributed by atoms with Crippen LogP contribution in [0.25, 0.3) is 6.08 Å². The number of ether oxygens (including phenoxy) is 2. The van der Waals surface area contributed by atoms with Crippen molar-refractivity contribution in [3.05, 3.63) is 87.9 Å². The molecule has 0 saturated carbocycles. The first-order chi connectivity index (χ1) is 18.7. The van der Waals surface area contributed by atoms with Gasteiger partial charge in [-0.1, -0.05) is 41.9 Å². The van der Waals surface area contributed by atoms with E-state index < -0.39 is 11.8 Å². The molecule has 200 valence electrons. The normalized spacial score (nSPS) is 14.3. The molecule has 2 N–H and O–H groups in total. The first-order valence-electron chi connectivity index (χ1n) is 12.1. The predicted octanol–water partition coefficient (Wildman–Crippen LogP) is 5.20. The summed E-state index contributed by atoms with van der Waals surface area (Å²) in [7, 11) is 0. The van der Waals surface area contributed by atoms with Crippen LogP contribution in [0.3, 0.4) is 0 Å². The highest BCUT2D eigenvalue weighted by molar-refractivity contribution is 7.80. The number of nitrogens with zero attached hydrogens (tertiary/aromatic N) is 1. The van der Waals surface area contributed by atoms with Gasteiger partial charge in [0.05, 0.1) is 17.3 Å². The van der Waals surface area contributed by atoms with Crippen LogP contribution in [0.1, 0.15) is 23.6 Å². The van der Waals surface area contributed by atoms with E-state index in [4.69, 9.17) is 33.3 Å². The number of carbonyl (C=O) groups excluding carboxylic acids is 3. The van der Waals surface area contributed by atoms with Gasteiger partial charge < -0.3 is 14.8 Å². The fourth-order valence-electron chi connectivity index (χ4n) is 3.90. The SMILES string of the molecule is CCOc1cc(/C=C2/C(=O)NC(=S)N(c3ccccc3)C2=O)cc(Cl)c1OCC(=O)Nc1cc(C)ccc1C. The van der Waals surface area contributed by atoms with Crippen molar-refractivity contribution in [3.8, 4) is 11.5 Å². The highest BCUT2D eigenvalue weighted by Crippen LogP contribution is 2.37. The van der Waals surface area contributed by atoms with E-state index in [1.165, 1.54) is 17.0 Å². The van der Waals surface area contributed by atoms with Crippen LogP contribution in [-0.2, 0) is 14.4 Å². The zero-order valence-electron chi connectivity index (χ0n) is 21.5. The number of thiocarbonyl (C=S) groups is 1. The average Bonchev–Trinajstić information content (AvgIpc) is 2.89. The Labute approximate surface area is 236 Å². The lowest BCUT2D eigenvalue weighted by Crippen LogP contribution is -2.54. The zero-order chi connectivity index (χ0) is 28.1. The van der Waals surface area contributed by atoms with Gasteiger partial charge in [0, 0.05) is 5.69 Å². The van der Waals surface area contributed by atoms with Gasteiger partial charge in [-0.25, -0.2) is 0 Å². The third kappa shape index (κ3) is 6.45. The number of hydrogen-bond donors (Lipinski definition) is 2. The van der Waals surface area contributed by atoms with Crippen LogP contribution >= 0.6 is 23.8 Å². The molecule has 8 nitrogen and oxygen atoms in total. The standard InChI is InChI=1S/C29H26ClN3O5S/c1-4-37-24-15-19(13-21-27(35)32-29(39)33(28(21)36)20-8-6-5-7-9-20)14-22(30)26(24)38-16-25(34)31-23-12-17(2)10-11-18(23)3/h5-15H,4,16H2,1-3H3,(H,31,34)(H,32,35,39)/b21-13-. The minimum atomic E-state index is -0.630. The van der Waals surface area contributed by atoms with E-state index >= 15 is 0 Å². The monoisotopic (exact) mass is 563 g/mol. The van der Waals surface area contributed by atoms with Crippen molar-refractivity contribution in [2.75, 3.05) is 23.4 Å². The number of para-hydroxylation sites is 1. The zero-order valence-corrected chi connectivity index (χ0v) is 23.1. The Balaban J connectivity index is 1.58. The summed E-state index contributed by atoms with van der Waals surface area (Å²) >= 11 is 11.7. The molecule has 3 amide bonds. The molecule has 3 aromatic rings. The fraction of sp³-hybridized carbons (Fsp3) is 0.172. The predicted molar refractivity (Wildman–Crippen MR) is 155 cm³/mol. The van der Waals surface area contributed by atoms with Crippen molar-refractivity contribution in [1.29, 1.82) is 0 Å². The summed E-state index contributed by atoms with van der Waals surface area (Å²) in [5.74, 6) is -1.14. The van der Waals surface area contributed by atoms with Gasteiger partial charge in [0.25, 0.3) is 17.7 Å². The number of anilines is 2. The maximum atomic E-state index is 13.3. The molecule has 1 saturated heterocycles. The van der Waals surface area contributed by atoms with Gasteiger partial charge in [0.15, 0.2) is 23.2 Å². The highest BCUT2D eigenvalue weighted by atomic mass is 35.5. The second-order valence-corrected chi connectivity index (χ2v) is 9.51. The molecule has 4 rings (SSSR count). The summed E-state index contributed by atoms with van der Waals surface area (Å²) < 4.78 is 11.4. The number of nitrogens with one attached hydrogen (secondary N) is 2. The van der Waals surface area contributed by atoms with Crippen LogP contribution in [0.4, 0.5) is 11.4 Å². The van der Waals surface area contributed by atoms with E-state index in [0.29, 0.717) is 16.9 Å². The van der Waals surface area contributed by atoms with Crippen LogP contribution < -0.4 is 25.0 Å². The van der Waals surface area contributed by atoms with Crippen LogP contribution in [0, 0.1) is 13.8 Å². The number of aryl methyl sites for hydroxylation is 2. The summed E-state index contributed by atoms with van der Waals surface area (Å²) in [6, 6.07) is 17.6. The van der Waals surface area contributed by atoms with Crippen LogP contribution in [-0.4, -0.2) is 36.0 Å². The summed E-state index contributed by atoms with van der Waals surface area (Å²) in [5, 5.41) is 5.52. The van der Waals surface area contributed by atoms with Crippen LogP contribution in [0.2, 0.25) is 5.02 Å². The Bertz CT molecular complexity index is 1490. The van der Waals surface area contributed by atoms with E-state index in [-0.39, 0.29) is 46.3 Å². The number of benzene rings is 3. The van der Waals surface area contributed by atoms with Gasteiger partial charge in [-0.3, -0.25) is 24.6 Å². The summed E-state index contributed by atoms with van der Waals surface area (Å²) in [4.78, 5) is 39.8. The molecule has 10 heteroatoms. The molecule has 1 aliphatic heterocycles. The average molecular weight is 564 g/mol. The molecular weight excluding hydrogens is 538 g/mol. The molecule has 1 heterocycles. The molecule has 1 aliphatic rings. The third-order valence-corrected chi connectivity index (χ3v) is 6.34. The number of rotatable bonds is 8. The molecule has 0 bridgehead atoms. The largest absolute Gasteiger partial charge is 0.490 e. The molecule has 0 atom stereocenters. The number of halogens is 1. The van der Waals surface area contributed by atoms with Crippen LogP contribution in [0.5, 0.6) is 11.5 Å². The van der Waals surface area contributed by atoms with Gasteiger partial charge >= 0.3 is 0 Å². The van der Waals surface area contributed by atoms with Gasteiger partial charge in [0.2, 0.25) is 0 Å². The Morgan fingerprint density at radius 2 is 1.82 bits per heavy atom. The maximum absolute atomic E-state index is 13.3. The van der Waals surface area contributed by atoms with Crippen molar-refractivity contribution < 1.29 is 23.9 Å². The van der Waals surface area contributed by atoms with Gasteiger partial charge in [-0.05, 0) is 86.1 Å². The van der Waals surface area contributed by atoms with E-state index in [9.17, 15) is 14.4 Å². The van der Waals surface area contributed by atoms with E-state index in [1.807, 2.05) is 38.1 Å². The molecule has 0 aliphatic carbocycles. The molecule has 0 spiro atoms. The van der Waals surface area contributed by atoms with E-state index in [2.05, 4.69) is 10.6 Å². The number of carbonyl (C=O) groups is 3. The molecule has 0 radical (unpaired) electrons. The molecule has 0 unspecified atom stereocenters. The first-order valence-corrected chi connectivity index (χ1v) is 12.9. The number of amides is 3. The Morgan fingerprint density at radius 3 is 2.54 bits per heavy atom. The summed E-state index contributed by atoms with van der Waals surface area (Å²) in [6.45, 7) is 5.60. The second kappa shape index (κ2) is 12.1. The lowest BCUT2D eigenvalue weighted by atomic mass is 10.1. The van der Waals surface area contributed by atoms with Gasteiger partial charge in [-0.2, -0.15) is 0 Å². The smallest absolute Gasteiger partial charge is 0.270 e. The van der Waals surface area contributed by atoms with E-state index in [1.54, 1.807) is 37.3 Å². The Hall–Kier alpha value is -4.21. The van der Waals surface area contributed by atoms with Crippen molar-refractivity contribution in [2.24, 2.45) is 0 Å². The first kappa shape index (κ1) is 27.8. The van der Waals surface area contributed by atoms with E-state index in [0.717, 1.165) is 11.1 Å². The van der Waals surface area contributed by atoms with Gasteiger partial charge in [-0.15, -0.1) is 0 Å². The molecule has 39 heavy (non-hydrogen) atoms. The second-order valence-electron chi connectivity index (χ2n) is 8.71. The van der Waals surface area contributed by atoms with Gasteiger partial charge in [0.1, 0.15) is 5.57 Å². The molecular formula is C29H26ClN3O5S. The van der Waals surface area contributed by atoms with Crippen molar-refractivity contribution >= 4 is 64.1 Å². The summed E-state index contributed by atoms with van der Waals surface area (Å²) in [6.07, 6.45) is 1.40.